The van der Waals surface area contributed by atoms with E-state index in [1.807, 2.05) is 0 Å². The third kappa shape index (κ3) is 3.22. The van der Waals surface area contributed by atoms with Gasteiger partial charge in [0.05, 0.1) is 12.8 Å². The molecular formula is C13H12FNO5S. The number of anilines is 1. The first-order valence-electron chi connectivity index (χ1n) is 5.80. The van der Waals surface area contributed by atoms with Crippen LogP contribution >= 0.6 is 0 Å². The summed E-state index contributed by atoms with van der Waals surface area (Å²) in [6.45, 7) is 1.62. The summed E-state index contributed by atoms with van der Waals surface area (Å²) in [4.78, 5) is 11.2. The third-order valence-electron chi connectivity index (χ3n) is 2.68. The number of hydrogen-bond acceptors (Lipinski definition) is 5. The van der Waals surface area contributed by atoms with Crippen LogP contribution in [0.5, 0.6) is 0 Å². The molecule has 0 radical (unpaired) electrons. The SMILES string of the molecule is COC(=O)c1ccc(S(=O)(=O)Nc2cc(F)ccc2C)o1. The molecule has 21 heavy (non-hydrogen) atoms. The largest absolute Gasteiger partial charge is 0.463 e. The highest BCUT2D eigenvalue weighted by atomic mass is 32.2. The molecule has 0 atom stereocenters. The fraction of sp³-hybridized carbons (Fsp3) is 0.154. The molecule has 0 saturated carbocycles. The predicted octanol–water partition coefficient (Wildman–Crippen LogP) is 2.31. The number of carbonyl (C=O) groups excluding carboxylic acids is 1. The minimum Gasteiger partial charge on any atom is -0.463 e. The second kappa shape index (κ2) is 5.57. The van der Waals surface area contributed by atoms with Crippen LogP contribution in [0.1, 0.15) is 16.1 Å². The molecule has 0 unspecified atom stereocenters. The molecule has 6 nitrogen and oxygen atoms in total. The maximum Gasteiger partial charge on any atom is 0.374 e. The Labute approximate surface area is 120 Å². The lowest BCUT2D eigenvalue weighted by Crippen LogP contribution is -2.13. The van der Waals surface area contributed by atoms with Gasteiger partial charge in [0.1, 0.15) is 5.82 Å². The lowest BCUT2D eigenvalue weighted by Gasteiger charge is -2.08. The van der Waals surface area contributed by atoms with Crippen LogP contribution in [0.3, 0.4) is 0 Å². The molecule has 0 aliphatic carbocycles. The summed E-state index contributed by atoms with van der Waals surface area (Å²) in [6.07, 6.45) is 0. The standard InChI is InChI=1S/C13H12FNO5S/c1-8-3-4-9(14)7-10(8)15-21(17,18)12-6-5-11(20-12)13(16)19-2/h3-7,15H,1-2H3. The summed E-state index contributed by atoms with van der Waals surface area (Å²) in [5.74, 6) is -1.61. The highest BCUT2D eigenvalue weighted by Gasteiger charge is 2.22. The molecular weight excluding hydrogens is 301 g/mol. The molecule has 0 fully saturated rings. The van der Waals surface area contributed by atoms with Crippen LogP contribution < -0.4 is 4.72 Å². The topological polar surface area (TPSA) is 85.6 Å². The van der Waals surface area contributed by atoms with Crippen LogP contribution in [0.2, 0.25) is 0 Å². The van der Waals surface area contributed by atoms with Crippen molar-refractivity contribution in [2.75, 3.05) is 11.8 Å². The van der Waals surface area contributed by atoms with Gasteiger partial charge in [0, 0.05) is 0 Å². The number of hydrogen-bond donors (Lipinski definition) is 1. The fourth-order valence-corrected chi connectivity index (χ4v) is 2.63. The van der Waals surface area contributed by atoms with Crippen molar-refractivity contribution in [3.63, 3.8) is 0 Å². The molecule has 0 saturated heterocycles. The van der Waals surface area contributed by atoms with E-state index in [9.17, 15) is 17.6 Å². The van der Waals surface area contributed by atoms with Gasteiger partial charge < -0.3 is 9.15 Å². The van der Waals surface area contributed by atoms with Crippen LogP contribution in [-0.4, -0.2) is 21.5 Å². The summed E-state index contributed by atoms with van der Waals surface area (Å²) in [6, 6.07) is 6.00. The smallest absolute Gasteiger partial charge is 0.374 e. The number of aryl methyl sites for hydroxylation is 1. The normalized spacial score (nSPS) is 11.2. The van der Waals surface area contributed by atoms with Crippen molar-refractivity contribution in [3.8, 4) is 0 Å². The van der Waals surface area contributed by atoms with Crippen molar-refractivity contribution in [1.29, 1.82) is 0 Å². The first-order valence-corrected chi connectivity index (χ1v) is 7.29. The quantitative estimate of drug-likeness (QED) is 0.875. The van der Waals surface area contributed by atoms with Crippen molar-refractivity contribution >= 4 is 21.7 Å². The van der Waals surface area contributed by atoms with Crippen LogP contribution in [0.15, 0.2) is 39.8 Å². The van der Waals surface area contributed by atoms with Gasteiger partial charge in [-0.15, -0.1) is 0 Å². The highest BCUT2D eigenvalue weighted by Crippen LogP contribution is 2.22. The van der Waals surface area contributed by atoms with Gasteiger partial charge in [-0.25, -0.2) is 9.18 Å². The van der Waals surface area contributed by atoms with Gasteiger partial charge in [-0.1, -0.05) is 6.07 Å². The molecule has 0 bridgehead atoms. The number of sulfonamides is 1. The Kier molecular flexibility index (Phi) is 3.99. The van der Waals surface area contributed by atoms with Crippen molar-refractivity contribution in [2.24, 2.45) is 0 Å². The summed E-state index contributed by atoms with van der Waals surface area (Å²) in [5.41, 5.74) is 0.630. The molecule has 2 rings (SSSR count). The molecule has 8 heteroatoms. The molecule has 112 valence electrons. The fourth-order valence-electron chi connectivity index (χ4n) is 1.57. The average Bonchev–Trinajstić information content (AvgIpc) is 2.92. The second-order valence-electron chi connectivity index (χ2n) is 4.18. The minimum atomic E-state index is -4.06. The molecule has 0 spiro atoms. The monoisotopic (exact) mass is 313 g/mol. The van der Waals surface area contributed by atoms with Gasteiger partial charge in [-0.2, -0.15) is 8.42 Å². The Morgan fingerprint density at radius 1 is 1.29 bits per heavy atom. The number of methoxy groups -OCH3 is 1. The zero-order valence-corrected chi connectivity index (χ0v) is 12.0. The summed E-state index contributed by atoms with van der Waals surface area (Å²) >= 11 is 0. The molecule has 0 amide bonds. The Balaban J connectivity index is 2.32. The lowest BCUT2D eigenvalue weighted by atomic mass is 10.2. The van der Waals surface area contributed by atoms with Crippen LogP contribution in [0.4, 0.5) is 10.1 Å². The lowest BCUT2D eigenvalue weighted by molar-refractivity contribution is 0.0559. The van der Waals surface area contributed by atoms with E-state index in [-0.39, 0.29) is 11.4 Å². The third-order valence-corrected chi connectivity index (χ3v) is 3.91. The van der Waals surface area contributed by atoms with E-state index in [1.165, 1.54) is 18.2 Å². The van der Waals surface area contributed by atoms with E-state index in [2.05, 4.69) is 9.46 Å². The maximum absolute atomic E-state index is 13.2. The molecule has 0 aliphatic rings. The van der Waals surface area contributed by atoms with Crippen molar-refractivity contribution in [2.45, 2.75) is 12.0 Å². The second-order valence-corrected chi connectivity index (χ2v) is 5.79. The summed E-state index contributed by atoms with van der Waals surface area (Å²) in [7, 11) is -2.92. The predicted molar refractivity (Wildman–Crippen MR) is 72.0 cm³/mol. The zero-order chi connectivity index (χ0) is 15.6. The molecule has 1 heterocycles. The van der Waals surface area contributed by atoms with Gasteiger partial charge in [-0.3, -0.25) is 4.72 Å². The van der Waals surface area contributed by atoms with E-state index in [1.54, 1.807) is 6.92 Å². The Bertz CT molecular complexity index is 782. The van der Waals surface area contributed by atoms with Crippen molar-refractivity contribution in [1.82, 2.24) is 0 Å². The molecule has 0 aliphatic heterocycles. The van der Waals surface area contributed by atoms with Gasteiger partial charge in [-0.05, 0) is 36.8 Å². The van der Waals surface area contributed by atoms with Gasteiger partial charge >= 0.3 is 5.97 Å². The molecule has 1 N–H and O–H groups in total. The first-order chi connectivity index (χ1) is 9.83. The van der Waals surface area contributed by atoms with Crippen LogP contribution in [0, 0.1) is 12.7 Å². The van der Waals surface area contributed by atoms with Crippen molar-refractivity contribution < 1.29 is 26.8 Å². The number of esters is 1. The van der Waals surface area contributed by atoms with E-state index < -0.39 is 26.9 Å². The maximum atomic E-state index is 13.2. The van der Waals surface area contributed by atoms with Gasteiger partial charge in [0.15, 0.2) is 0 Å². The van der Waals surface area contributed by atoms with Crippen LogP contribution in [-0.2, 0) is 14.8 Å². The minimum absolute atomic E-state index is 0.0889. The summed E-state index contributed by atoms with van der Waals surface area (Å²) < 4.78 is 48.9. The van der Waals surface area contributed by atoms with E-state index in [0.717, 1.165) is 19.2 Å². The number of carbonyl (C=O) groups is 1. The van der Waals surface area contributed by atoms with Gasteiger partial charge in [0.25, 0.3) is 10.0 Å². The number of furan rings is 1. The Morgan fingerprint density at radius 3 is 2.67 bits per heavy atom. The first kappa shape index (κ1) is 15.0. The van der Waals surface area contributed by atoms with Crippen molar-refractivity contribution in [3.05, 3.63) is 47.5 Å². The molecule has 1 aromatic carbocycles. The number of nitrogens with one attached hydrogen (secondary N) is 1. The molecule has 2 aromatic rings. The van der Waals surface area contributed by atoms with Gasteiger partial charge in [0.2, 0.25) is 10.9 Å². The van der Waals surface area contributed by atoms with E-state index >= 15 is 0 Å². The summed E-state index contributed by atoms with van der Waals surface area (Å²) in [5, 5.41) is -0.466. The number of rotatable bonds is 4. The van der Waals surface area contributed by atoms with E-state index in [4.69, 9.17) is 4.42 Å². The van der Waals surface area contributed by atoms with E-state index in [0.29, 0.717) is 5.56 Å². The number of halogens is 1. The highest BCUT2D eigenvalue weighted by molar-refractivity contribution is 7.92. The average molecular weight is 313 g/mol. The molecule has 1 aromatic heterocycles. The van der Waals surface area contributed by atoms with Crippen LogP contribution in [0.25, 0.3) is 0 Å². The Hall–Kier alpha value is -2.35. The number of ether oxygens (including phenoxy) is 1. The zero-order valence-electron chi connectivity index (χ0n) is 11.2. The Morgan fingerprint density at radius 2 is 2.00 bits per heavy atom. The number of benzene rings is 1.